The highest BCUT2D eigenvalue weighted by Gasteiger charge is 2.27. The Morgan fingerprint density at radius 3 is 2.33 bits per heavy atom. The number of aryl methyl sites for hydroxylation is 1. The third-order valence-corrected chi connectivity index (χ3v) is 5.37. The first-order valence-corrected chi connectivity index (χ1v) is 10.0. The Kier molecular flexibility index (Phi) is 7.02. The van der Waals surface area contributed by atoms with Gasteiger partial charge in [-0.1, -0.05) is 25.1 Å². The molecule has 2 aromatic carbocycles. The van der Waals surface area contributed by atoms with Crippen LogP contribution in [0, 0.1) is 12.7 Å². The Balaban J connectivity index is 1.86. The fraction of sp³-hybridized carbons (Fsp3) is 0.364. The molecule has 8 heteroatoms. The number of urea groups is 1. The van der Waals surface area contributed by atoms with Gasteiger partial charge in [0.1, 0.15) is 5.82 Å². The first-order chi connectivity index (χ1) is 14.4. The number of benzene rings is 2. The van der Waals surface area contributed by atoms with Gasteiger partial charge in [0, 0.05) is 31.7 Å². The molecule has 160 valence electrons. The van der Waals surface area contributed by atoms with Crippen molar-refractivity contribution in [2.75, 3.05) is 37.6 Å². The quantitative estimate of drug-likeness (QED) is 0.583. The topological polar surface area (TPSA) is 76.1 Å². The minimum Gasteiger partial charge on any atom is -0.322 e. The molecule has 2 N–H and O–H groups in total. The van der Waals surface area contributed by atoms with Crippen LogP contribution in [-0.4, -0.2) is 59.7 Å². The van der Waals surface area contributed by atoms with E-state index in [2.05, 4.69) is 11.8 Å². The lowest BCUT2D eigenvalue weighted by molar-refractivity contribution is 0.0706. The molecule has 1 heterocycles. The van der Waals surface area contributed by atoms with Crippen molar-refractivity contribution in [2.45, 2.75) is 20.4 Å². The highest BCUT2D eigenvalue weighted by molar-refractivity contribution is 5.94. The average molecular weight is 414 g/mol. The molecule has 3 rings (SSSR count). The number of carbonyl (C=O) groups is 2. The normalized spacial score (nSPS) is 14.5. The summed E-state index contributed by atoms with van der Waals surface area (Å²) in [5.41, 5.74) is 3.62. The number of hydrogen-bond acceptors (Lipinski definition) is 4. The number of carbonyl (C=O) groups excluding carboxylic acids is 2. The Labute approximate surface area is 175 Å². The van der Waals surface area contributed by atoms with Gasteiger partial charge in [-0.3, -0.25) is 14.9 Å². The van der Waals surface area contributed by atoms with Crippen LogP contribution in [0.25, 0.3) is 0 Å². The predicted molar refractivity (Wildman–Crippen MR) is 112 cm³/mol. The van der Waals surface area contributed by atoms with E-state index in [1.165, 1.54) is 11.0 Å². The number of nitrogens with one attached hydrogen (secondary N) is 1. The van der Waals surface area contributed by atoms with Crippen LogP contribution in [0.5, 0.6) is 0 Å². The summed E-state index contributed by atoms with van der Waals surface area (Å²) in [5.74, 6) is -1.07. The lowest BCUT2D eigenvalue weighted by atomic mass is 10.1. The first-order valence-electron chi connectivity index (χ1n) is 10.0. The van der Waals surface area contributed by atoms with Gasteiger partial charge in [0.05, 0.1) is 12.2 Å². The zero-order valence-electron chi connectivity index (χ0n) is 17.3. The maximum Gasteiger partial charge on any atom is 0.324 e. The molecule has 1 aliphatic heterocycles. The van der Waals surface area contributed by atoms with Crippen molar-refractivity contribution in [3.63, 3.8) is 0 Å². The van der Waals surface area contributed by atoms with Crippen LogP contribution in [0.15, 0.2) is 42.5 Å². The second kappa shape index (κ2) is 9.69. The number of rotatable bonds is 5. The summed E-state index contributed by atoms with van der Waals surface area (Å²) in [4.78, 5) is 30.3. The zero-order valence-corrected chi connectivity index (χ0v) is 17.3. The van der Waals surface area contributed by atoms with Crippen molar-refractivity contribution in [3.05, 3.63) is 65.0 Å². The van der Waals surface area contributed by atoms with E-state index in [0.717, 1.165) is 30.8 Å². The molecule has 0 aliphatic carbocycles. The highest BCUT2D eigenvalue weighted by Crippen LogP contribution is 2.24. The second-order valence-corrected chi connectivity index (χ2v) is 7.38. The smallest absolute Gasteiger partial charge is 0.322 e. The van der Waals surface area contributed by atoms with Crippen molar-refractivity contribution in [2.24, 2.45) is 0 Å². The minimum absolute atomic E-state index is 0.161. The summed E-state index contributed by atoms with van der Waals surface area (Å²) < 4.78 is 14.8. The van der Waals surface area contributed by atoms with Crippen LogP contribution < -0.4 is 10.4 Å². The van der Waals surface area contributed by atoms with E-state index in [-0.39, 0.29) is 23.8 Å². The predicted octanol–water partition coefficient (Wildman–Crippen LogP) is 3.02. The second-order valence-electron chi connectivity index (χ2n) is 7.38. The van der Waals surface area contributed by atoms with Crippen LogP contribution in [0.4, 0.5) is 14.9 Å². The van der Waals surface area contributed by atoms with E-state index in [0.29, 0.717) is 13.1 Å². The molecule has 2 aromatic rings. The number of anilines is 1. The summed E-state index contributed by atoms with van der Waals surface area (Å²) in [6, 6.07) is 11.0. The van der Waals surface area contributed by atoms with Gasteiger partial charge in [0.15, 0.2) is 0 Å². The van der Waals surface area contributed by atoms with E-state index >= 15 is 0 Å². The Bertz CT molecular complexity index is 896. The molecule has 3 amide bonds. The molecule has 0 spiro atoms. The van der Waals surface area contributed by atoms with Crippen molar-refractivity contribution in [1.29, 1.82) is 0 Å². The van der Waals surface area contributed by atoms with E-state index in [1.807, 2.05) is 0 Å². The lowest BCUT2D eigenvalue weighted by Gasteiger charge is -2.37. The number of hydrogen-bond donors (Lipinski definition) is 2. The number of piperazine rings is 1. The molecule has 7 nitrogen and oxygen atoms in total. The van der Waals surface area contributed by atoms with E-state index in [1.54, 1.807) is 53.7 Å². The van der Waals surface area contributed by atoms with Crippen LogP contribution in [0.1, 0.15) is 28.4 Å². The molecule has 1 aliphatic rings. The molecule has 0 radical (unpaired) electrons. The van der Waals surface area contributed by atoms with Crippen molar-refractivity contribution >= 4 is 17.6 Å². The summed E-state index contributed by atoms with van der Waals surface area (Å²) >= 11 is 0. The molecule has 0 aromatic heterocycles. The Hall–Kier alpha value is -2.97. The van der Waals surface area contributed by atoms with Gasteiger partial charge in [-0.15, -0.1) is 0 Å². The van der Waals surface area contributed by atoms with Gasteiger partial charge in [-0.2, -0.15) is 0 Å². The van der Waals surface area contributed by atoms with Gasteiger partial charge in [-0.25, -0.2) is 14.7 Å². The van der Waals surface area contributed by atoms with Gasteiger partial charge in [-0.05, 0) is 48.9 Å². The third kappa shape index (κ3) is 4.95. The molecule has 0 unspecified atom stereocenters. The van der Waals surface area contributed by atoms with E-state index in [9.17, 15) is 14.0 Å². The Morgan fingerprint density at radius 1 is 1.10 bits per heavy atom. The summed E-state index contributed by atoms with van der Waals surface area (Å²) in [5, 5.41) is 8.76. The average Bonchev–Trinajstić information content (AvgIpc) is 2.77. The molecular weight excluding hydrogens is 387 g/mol. The number of nitrogens with zero attached hydrogens (tertiary/aromatic N) is 3. The molecule has 1 fully saturated rings. The van der Waals surface area contributed by atoms with E-state index < -0.39 is 11.7 Å². The summed E-state index contributed by atoms with van der Waals surface area (Å²) in [6.07, 6.45) is 0. The van der Waals surface area contributed by atoms with E-state index in [4.69, 9.17) is 5.21 Å². The summed E-state index contributed by atoms with van der Waals surface area (Å²) in [7, 11) is 0. The molecular formula is C22H27FN4O3. The fourth-order valence-corrected chi connectivity index (χ4v) is 3.52. The lowest BCUT2D eigenvalue weighted by Crippen LogP contribution is -2.52. The van der Waals surface area contributed by atoms with Crippen LogP contribution in [0.3, 0.4) is 0 Å². The number of halogens is 1. The van der Waals surface area contributed by atoms with Gasteiger partial charge in [0.25, 0.3) is 5.91 Å². The maximum atomic E-state index is 14.8. The summed E-state index contributed by atoms with van der Waals surface area (Å²) in [6.45, 7) is 7.74. The number of amides is 3. The van der Waals surface area contributed by atoms with Crippen molar-refractivity contribution in [3.8, 4) is 0 Å². The minimum atomic E-state index is -0.618. The monoisotopic (exact) mass is 414 g/mol. The van der Waals surface area contributed by atoms with Crippen molar-refractivity contribution < 1.29 is 19.2 Å². The molecule has 0 saturated carbocycles. The SMILES string of the molecule is CCN1CCN(C(=O)N(Cc2ccc(C(=O)NO)cc2)c2ccc(C)cc2F)CC1. The molecule has 0 bridgehead atoms. The maximum absolute atomic E-state index is 14.8. The first kappa shape index (κ1) is 21.7. The van der Waals surface area contributed by atoms with Gasteiger partial charge < -0.3 is 9.80 Å². The fourth-order valence-electron chi connectivity index (χ4n) is 3.52. The van der Waals surface area contributed by atoms with Crippen LogP contribution >= 0.6 is 0 Å². The molecule has 30 heavy (non-hydrogen) atoms. The van der Waals surface area contributed by atoms with Gasteiger partial charge in [0.2, 0.25) is 0 Å². The molecule has 0 atom stereocenters. The van der Waals surface area contributed by atoms with Crippen LogP contribution in [-0.2, 0) is 6.54 Å². The van der Waals surface area contributed by atoms with Crippen molar-refractivity contribution in [1.82, 2.24) is 15.3 Å². The largest absolute Gasteiger partial charge is 0.324 e. The van der Waals surface area contributed by atoms with Crippen LogP contribution in [0.2, 0.25) is 0 Å². The van der Waals surface area contributed by atoms with Gasteiger partial charge >= 0.3 is 6.03 Å². The standard InChI is InChI=1S/C22H27FN4O3/c1-3-25-10-12-26(13-11-25)22(29)27(20-9-4-16(2)14-19(20)23)15-17-5-7-18(8-6-17)21(28)24-30/h4-9,14,30H,3,10-13,15H2,1-2H3,(H,24,28). The zero-order chi connectivity index (χ0) is 21.7. The third-order valence-electron chi connectivity index (χ3n) is 5.37. The highest BCUT2D eigenvalue weighted by atomic mass is 19.1. The number of likely N-dealkylation sites (N-methyl/N-ethyl adjacent to an activating group) is 1. The number of hydroxylamine groups is 1. The Morgan fingerprint density at radius 2 is 1.77 bits per heavy atom. The molecule has 1 saturated heterocycles.